The molecule has 9 heteroatoms. The minimum absolute atomic E-state index is 0.0196. The quantitative estimate of drug-likeness (QED) is 0.343. The number of imidazole rings is 1. The van der Waals surface area contributed by atoms with E-state index in [9.17, 15) is 9.59 Å². The molecule has 0 saturated carbocycles. The van der Waals surface area contributed by atoms with Crippen molar-refractivity contribution in [2.75, 3.05) is 5.75 Å². The summed E-state index contributed by atoms with van der Waals surface area (Å²) in [7, 11) is 0. The number of carbonyl (C=O) groups is 1. The number of aromatic amines is 1. The number of hydrogen-bond acceptors (Lipinski definition) is 6. The minimum Gasteiger partial charge on any atom is -0.352 e. The van der Waals surface area contributed by atoms with Crippen LogP contribution < -0.4 is 10.9 Å². The Balaban J connectivity index is 1.06. The van der Waals surface area contributed by atoms with E-state index in [1.165, 1.54) is 22.4 Å². The fourth-order valence-electron chi connectivity index (χ4n) is 4.25. The second kappa shape index (κ2) is 10.6. The highest BCUT2D eigenvalue weighted by Crippen LogP contribution is 2.33. The van der Waals surface area contributed by atoms with Gasteiger partial charge in [0.1, 0.15) is 10.7 Å². The predicted molar refractivity (Wildman–Crippen MR) is 137 cm³/mol. The van der Waals surface area contributed by atoms with E-state index in [1.807, 2.05) is 22.9 Å². The maximum Gasteiger partial charge on any atom is 0.259 e. The van der Waals surface area contributed by atoms with Crippen molar-refractivity contribution in [1.82, 2.24) is 24.8 Å². The number of thioether (sulfide) groups is 1. The van der Waals surface area contributed by atoms with Crippen molar-refractivity contribution < 1.29 is 4.79 Å². The third-order valence-electron chi connectivity index (χ3n) is 6.02. The molecule has 4 aromatic rings. The lowest BCUT2D eigenvalue weighted by molar-refractivity contribution is -0.120. The topological polar surface area (TPSA) is 92.7 Å². The maximum absolute atomic E-state index is 12.6. The van der Waals surface area contributed by atoms with Gasteiger partial charge in [-0.15, -0.1) is 11.3 Å². The molecule has 0 atom stereocenters. The van der Waals surface area contributed by atoms with Crippen molar-refractivity contribution in [1.29, 1.82) is 0 Å². The number of amides is 1. The van der Waals surface area contributed by atoms with Crippen LogP contribution in [0.3, 0.4) is 0 Å². The fourth-order valence-corrected chi connectivity index (χ4v) is 6.34. The molecule has 0 saturated heterocycles. The Labute approximate surface area is 206 Å². The van der Waals surface area contributed by atoms with Crippen LogP contribution in [0.4, 0.5) is 0 Å². The lowest BCUT2D eigenvalue weighted by Gasteiger charge is -2.09. The molecule has 1 aromatic carbocycles. The summed E-state index contributed by atoms with van der Waals surface area (Å²) < 4.78 is 2.02. The first-order valence-electron chi connectivity index (χ1n) is 11.6. The molecule has 0 bridgehead atoms. The molecule has 1 aliphatic carbocycles. The zero-order valence-corrected chi connectivity index (χ0v) is 20.5. The number of rotatable bonds is 9. The van der Waals surface area contributed by atoms with Crippen LogP contribution in [-0.2, 0) is 36.5 Å². The first-order valence-corrected chi connectivity index (χ1v) is 13.5. The van der Waals surface area contributed by atoms with Gasteiger partial charge in [0.2, 0.25) is 5.91 Å². The number of fused-ring (bicyclic) bond motifs is 3. The van der Waals surface area contributed by atoms with Gasteiger partial charge in [-0.2, -0.15) is 11.8 Å². The molecule has 1 aliphatic rings. The van der Waals surface area contributed by atoms with Gasteiger partial charge in [0.15, 0.2) is 0 Å². The SMILES string of the molecule is O=C(CCSCc1nc2sc3c(c2c(=O)[nH]1)CCCC3)NCc1ccc(Cn2ccnc2)cc1. The van der Waals surface area contributed by atoms with E-state index in [2.05, 4.69) is 27.4 Å². The number of nitrogens with one attached hydrogen (secondary N) is 2. The van der Waals surface area contributed by atoms with E-state index in [-0.39, 0.29) is 11.5 Å². The van der Waals surface area contributed by atoms with Crippen LogP contribution in [0.15, 0.2) is 47.8 Å². The average Bonchev–Trinajstić information content (AvgIpc) is 3.49. The molecule has 3 aromatic heterocycles. The summed E-state index contributed by atoms with van der Waals surface area (Å²) >= 11 is 3.29. The average molecular weight is 494 g/mol. The van der Waals surface area contributed by atoms with Gasteiger partial charge in [-0.3, -0.25) is 9.59 Å². The Hall–Kier alpha value is -2.91. The number of aryl methyl sites for hydroxylation is 2. The van der Waals surface area contributed by atoms with Crippen LogP contribution in [0.1, 0.15) is 46.7 Å². The molecule has 176 valence electrons. The van der Waals surface area contributed by atoms with Gasteiger partial charge in [0.05, 0.1) is 17.5 Å². The number of hydrogen-bond donors (Lipinski definition) is 2. The molecular weight excluding hydrogens is 466 g/mol. The van der Waals surface area contributed by atoms with Crippen LogP contribution in [0.5, 0.6) is 0 Å². The molecular formula is C25H27N5O2S2. The van der Waals surface area contributed by atoms with Gasteiger partial charge in [-0.25, -0.2) is 9.97 Å². The summed E-state index contributed by atoms with van der Waals surface area (Å²) in [5.74, 6) is 1.99. The Kier molecular flexibility index (Phi) is 7.10. The number of carbonyl (C=O) groups excluding carboxylic acids is 1. The van der Waals surface area contributed by atoms with Gasteiger partial charge >= 0.3 is 0 Å². The fraction of sp³-hybridized carbons (Fsp3) is 0.360. The first-order chi connectivity index (χ1) is 16.7. The van der Waals surface area contributed by atoms with Crippen molar-refractivity contribution in [3.05, 3.63) is 80.7 Å². The monoisotopic (exact) mass is 493 g/mol. The molecule has 3 heterocycles. The molecule has 1 amide bonds. The summed E-state index contributed by atoms with van der Waals surface area (Å²) in [6.07, 6.45) is 10.3. The third-order valence-corrected chi connectivity index (χ3v) is 8.18. The molecule has 0 aliphatic heterocycles. The largest absolute Gasteiger partial charge is 0.352 e. The van der Waals surface area contributed by atoms with Gasteiger partial charge in [0.25, 0.3) is 5.56 Å². The summed E-state index contributed by atoms with van der Waals surface area (Å²) in [6, 6.07) is 8.24. The van der Waals surface area contributed by atoms with Crippen molar-refractivity contribution in [2.45, 2.75) is 50.9 Å². The summed E-state index contributed by atoms with van der Waals surface area (Å²) in [4.78, 5) is 38.8. The molecule has 0 radical (unpaired) electrons. The number of nitrogens with zero attached hydrogens (tertiary/aromatic N) is 3. The number of benzene rings is 1. The van der Waals surface area contributed by atoms with Crippen molar-refractivity contribution >= 4 is 39.2 Å². The zero-order chi connectivity index (χ0) is 23.3. The van der Waals surface area contributed by atoms with Crippen LogP contribution in [0, 0.1) is 0 Å². The lowest BCUT2D eigenvalue weighted by atomic mass is 9.97. The molecule has 0 spiro atoms. The van der Waals surface area contributed by atoms with Crippen LogP contribution in [0.25, 0.3) is 10.2 Å². The smallest absolute Gasteiger partial charge is 0.259 e. The highest BCUT2D eigenvalue weighted by atomic mass is 32.2. The second-order valence-corrected chi connectivity index (χ2v) is 10.7. The highest BCUT2D eigenvalue weighted by molar-refractivity contribution is 7.98. The van der Waals surface area contributed by atoms with E-state index >= 15 is 0 Å². The predicted octanol–water partition coefficient (Wildman–Crippen LogP) is 4.05. The first kappa shape index (κ1) is 22.9. The number of thiophene rings is 1. The van der Waals surface area contributed by atoms with Crippen LogP contribution in [0.2, 0.25) is 0 Å². The van der Waals surface area contributed by atoms with Gasteiger partial charge < -0.3 is 14.9 Å². The number of aromatic nitrogens is 4. The third kappa shape index (κ3) is 5.42. The van der Waals surface area contributed by atoms with Crippen LogP contribution >= 0.6 is 23.1 Å². The lowest BCUT2D eigenvalue weighted by Crippen LogP contribution is -2.23. The molecule has 34 heavy (non-hydrogen) atoms. The van der Waals surface area contributed by atoms with E-state index in [0.717, 1.165) is 41.6 Å². The van der Waals surface area contributed by atoms with E-state index in [4.69, 9.17) is 4.98 Å². The van der Waals surface area contributed by atoms with E-state index in [1.54, 1.807) is 35.6 Å². The number of H-pyrrole nitrogens is 1. The van der Waals surface area contributed by atoms with Crippen molar-refractivity contribution in [2.24, 2.45) is 0 Å². The highest BCUT2D eigenvalue weighted by Gasteiger charge is 2.19. The summed E-state index contributed by atoms with van der Waals surface area (Å²) in [6.45, 7) is 1.30. The second-order valence-electron chi connectivity index (χ2n) is 8.53. The zero-order valence-electron chi connectivity index (χ0n) is 18.9. The maximum atomic E-state index is 12.6. The van der Waals surface area contributed by atoms with Crippen LogP contribution in [-0.4, -0.2) is 31.2 Å². The van der Waals surface area contributed by atoms with Crippen molar-refractivity contribution in [3.8, 4) is 0 Å². The summed E-state index contributed by atoms with van der Waals surface area (Å²) in [5.41, 5.74) is 3.46. The Morgan fingerprint density at radius 3 is 2.82 bits per heavy atom. The van der Waals surface area contributed by atoms with E-state index < -0.39 is 0 Å². The summed E-state index contributed by atoms with van der Waals surface area (Å²) in [5, 5.41) is 3.78. The Bertz CT molecular complexity index is 1330. The Morgan fingerprint density at radius 2 is 2.00 bits per heavy atom. The Morgan fingerprint density at radius 1 is 1.18 bits per heavy atom. The molecule has 0 unspecified atom stereocenters. The standard InChI is InChI=1S/C25H27N5O2S2/c31-22(27-13-17-5-7-18(8-6-17)14-30-11-10-26-16-30)9-12-33-15-21-28-24(32)23-19-3-1-2-4-20(19)34-25(23)29-21/h5-8,10-11,16H,1-4,9,12-15H2,(H,27,31)(H,28,29,32). The van der Waals surface area contributed by atoms with E-state index in [0.29, 0.717) is 30.3 Å². The molecule has 2 N–H and O–H groups in total. The molecule has 5 rings (SSSR count). The van der Waals surface area contributed by atoms with Gasteiger partial charge in [0, 0.05) is 42.5 Å². The normalized spacial score (nSPS) is 13.2. The van der Waals surface area contributed by atoms with Gasteiger partial charge in [-0.05, 0) is 42.4 Å². The van der Waals surface area contributed by atoms with Crippen molar-refractivity contribution in [3.63, 3.8) is 0 Å². The molecule has 7 nitrogen and oxygen atoms in total. The minimum atomic E-state index is -0.0196. The molecule has 0 fully saturated rings. The van der Waals surface area contributed by atoms with Gasteiger partial charge in [-0.1, -0.05) is 24.3 Å².